The Morgan fingerprint density at radius 1 is 1.21 bits per heavy atom. The van der Waals surface area contributed by atoms with E-state index in [2.05, 4.69) is 20.8 Å². The molecule has 1 aliphatic rings. The average molecular weight is 328 g/mol. The van der Waals surface area contributed by atoms with Gasteiger partial charge in [0.05, 0.1) is 5.69 Å². The molecule has 1 aromatic carbocycles. The first-order valence-corrected chi connectivity index (χ1v) is 8.40. The molecule has 2 aromatic rings. The van der Waals surface area contributed by atoms with Gasteiger partial charge in [0, 0.05) is 14.1 Å². The van der Waals surface area contributed by atoms with Crippen LogP contribution in [0.2, 0.25) is 0 Å². The Balaban J connectivity index is 2.08. The van der Waals surface area contributed by atoms with Gasteiger partial charge in [0.2, 0.25) is 0 Å². The van der Waals surface area contributed by atoms with Gasteiger partial charge in [-0.05, 0) is 42.3 Å². The topological polar surface area (TPSA) is 75.9 Å². The van der Waals surface area contributed by atoms with E-state index >= 15 is 0 Å². The highest BCUT2D eigenvalue weighted by Gasteiger charge is 2.44. The summed E-state index contributed by atoms with van der Waals surface area (Å²) in [4.78, 5) is 14.1. The van der Waals surface area contributed by atoms with Crippen molar-refractivity contribution in [2.24, 2.45) is 0 Å². The van der Waals surface area contributed by atoms with Gasteiger partial charge in [0.25, 0.3) is 0 Å². The van der Waals surface area contributed by atoms with Crippen molar-refractivity contribution in [1.82, 2.24) is 30.4 Å². The molecule has 0 radical (unpaired) electrons. The maximum Gasteiger partial charge on any atom is 0.317 e. The predicted molar refractivity (Wildman–Crippen MR) is 90.9 cm³/mol. The van der Waals surface area contributed by atoms with Gasteiger partial charge in [-0.3, -0.25) is 0 Å². The highest BCUT2D eigenvalue weighted by molar-refractivity contribution is 5.74. The Morgan fingerprint density at radius 3 is 2.50 bits per heavy atom. The van der Waals surface area contributed by atoms with Gasteiger partial charge in [-0.25, -0.2) is 4.79 Å². The van der Waals surface area contributed by atoms with E-state index < -0.39 is 5.54 Å². The minimum atomic E-state index is -0.479. The van der Waals surface area contributed by atoms with Crippen LogP contribution in [0.25, 0.3) is 5.69 Å². The lowest BCUT2D eigenvalue weighted by atomic mass is 9.79. The maximum absolute atomic E-state index is 12.3. The minimum Gasteiger partial charge on any atom is -0.341 e. The molecule has 1 aliphatic carbocycles. The molecule has 7 heteroatoms. The molecule has 0 unspecified atom stereocenters. The van der Waals surface area contributed by atoms with E-state index in [-0.39, 0.29) is 6.03 Å². The molecule has 1 saturated carbocycles. The lowest BCUT2D eigenvalue weighted by Crippen LogP contribution is -2.52. The second kappa shape index (κ2) is 6.59. The molecule has 0 saturated heterocycles. The number of urea groups is 1. The average Bonchev–Trinajstić information content (AvgIpc) is 3.12. The number of benzene rings is 1. The molecule has 7 nitrogen and oxygen atoms in total. The molecule has 1 N–H and O–H groups in total. The molecule has 0 spiro atoms. The summed E-state index contributed by atoms with van der Waals surface area (Å²) < 4.78 is 1.77. The molecule has 3 rings (SSSR count). The Morgan fingerprint density at radius 2 is 1.88 bits per heavy atom. The maximum atomic E-state index is 12.3. The summed E-state index contributed by atoms with van der Waals surface area (Å²) in [6.45, 7) is 2.05. The number of nitrogens with zero attached hydrogens (tertiary/aromatic N) is 5. The molecule has 1 fully saturated rings. The molecule has 0 bridgehead atoms. The lowest BCUT2D eigenvalue weighted by Gasteiger charge is -2.43. The van der Waals surface area contributed by atoms with Crippen molar-refractivity contribution >= 4 is 6.03 Å². The Bertz CT molecular complexity index is 702. The van der Waals surface area contributed by atoms with Crippen LogP contribution in [0, 0.1) is 6.92 Å². The van der Waals surface area contributed by atoms with Crippen LogP contribution >= 0.6 is 0 Å². The zero-order valence-corrected chi connectivity index (χ0v) is 14.5. The summed E-state index contributed by atoms with van der Waals surface area (Å²) in [5, 5.41) is 15.2. The van der Waals surface area contributed by atoms with Crippen molar-refractivity contribution in [3.63, 3.8) is 0 Å². The van der Waals surface area contributed by atoms with Crippen LogP contribution in [0.15, 0.2) is 24.3 Å². The fourth-order valence-electron chi connectivity index (χ4n) is 3.54. The number of aromatic nitrogens is 4. The molecule has 0 atom stereocenters. The summed E-state index contributed by atoms with van der Waals surface area (Å²) in [5.41, 5.74) is 1.62. The molecule has 24 heavy (non-hydrogen) atoms. The van der Waals surface area contributed by atoms with Crippen molar-refractivity contribution in [1.29, 1.82) is 0 Å². The van der Waals surface area contributed by atoms with Crippen molar-refractivity contribution < 1.29 is 4.79 Å². The Hall–Kier alpha value is -2.44. The number of hydrogen-bond acceptors (Lipinski definition) is 4. The first kappa shape index (κ1) is 16.4. The molecule has 1 aromatic heterocycles. The van der Waals surface area contributed by atoms with Crippen molar-refractivity contribution in [3.8, 4) is 5.69 Å². The fraction of sp³-hybridized carbons (Fsp3) is 0.529. The predicted octanol–water partition coefficient (Wildman–Crippen LogP) is 2.40. The van der Waals surface area contributed by atoms with Gasteiger partial charge in [-0.15, -0.1) is 5.10 Å². The van der Waals surface area contributed by atoms with Crippen LogP contribution in [-0.4, -0.2) is 45.2 Å². The van der Waals surface area contributed by atoms with Gasteiger partial charge in [-0.2, -0.15) is 4.68 Å². The van der Waals surface area contributed by atoms with Crippen LogP contribution in [0.4, 0.5) is 4.79 Å². The second-order valence-corrected chi connectivity index (χ2v) is 6.46. The largest absolute Gasteiger partial charge is 0.341 e. The number of carbonyl (C=O) groups is 1. The van der Waals surface area contributed by atoms with Crippen molar-refractivity contribution in [3.05, 3.63) is 35.7 Å². The van der Waals surface area contributed by atoms with Gasteiger partial charge < -0.3 is 10.2 Å². The van der Waals surface area contributed by atoms with Crippen LogP contribution in [0.3, 0.4) is 0 Å². The first-order valence-electron chi connectivity index (χ1n) is 8.40. The third-order valence-electron chi connectivity index (χ3n) is 5.01. The third kappa shape index (κ3) is 2.74. The standard InChI is InChI=1S/C17H24N6O/c1-13-7-9-14(10-8-13)23-15(19-20-21-23)17(11-5-4-6-12-17)22(3)16(24)18-2/h7-10H,4-6,11-12H2,1-3H3,(H,18,24). The number of tetrazole rings is 1. The van der Waals surface area contributed by atoms with E-state index in [1.807, 2.05) is 38.2 Å². The molecule has 128 valence electrons. The second-order valence-electron chi connectivity index (χ2n) is 6.46. The highest BCUT2D eigenvalue weighted by Crippen LogP contribution is 2.41. The molecule has 0 aliphatic heterocycles. The highest BCUT2D eigenvalue weighted by atomic mass is 16.2. The fourth-order valence-corrected chi connectivity index (χ4v) is 3.54. The Labute approximate surface area is 142 Å². The van der Waals surface area contributed by atoms with E-state index in [0.29, 0.717) is 0 Å². The molecular weight excluding hydrogens is 304 g/mol. The monoisotopic (exact) mass is 328 g/mol. The summed E-state index contributed by atoms with van der Waals surface area (Å²) in [7, 11) is 3.48. The van der Waals surface area contributed by atoms with E-state index in [1.165, 1.54) is 12.0 Å². The molecule has 1 heterocycles. The summed E-state index contributed by atoms with van der Waals surface area (Å²) in [6, 6.07) is 7.97. The number of aryl methyl sites for hydroxylation is 1. The summed E-state index contributed by atoms with van der Waals surface area (Å²) in [6.07, 6.45) is 5.02. The number of carbonyl (C=O) groups excluding carboxylic acids is 1. The summed E-state index contributed by atoms with van der Waals surface area (Å²) >= 11 is 0. The van der Waals surface area contributed by atoms with Crippen LogP contribution in [0.1, 0.15) is 43.5 Å². The Kier molecular flexibility index (Phi) is 4.51. The zero-order valence-electron chi connectivity index (χ0n) is 14.5. The minimum absolute atomic E-state index is 0.115. The van der Waals surface area contributed by atoms with E-state index in [1.54, 1.807) is 16.6 Å². The van der Waals surface area contributed by atoms with Gasteiger partial charge in [-0.1, -0.05) is 37.0 Å². The quantitative estimate of drug-likeness (QED) is 0.939. The van der Waals surface area contributed by atoms with E-state index in [4.69, 9.17) is 0 Å². The number of rotatable bonds is 3. The third-order valence-corrected chi connectivity index (χ3v) is 5.01. The number of amides is 2. The van der Waals surface area contributed by atoms with E-state index in [0.717, 1.165) is 37.2 Å². The van der Waals surface area contributed by atoms with Gasteiger partial charge >= 0.3 is 6.03 Å². The molecular formula is C17H24N6O. The van der Waals surface area contributed by atoms with Gasteiger partial charge in [0.1, 0.15) is 5.54 Å². The van der Waals surface area contributed by atoms with Crippen LogP contribution in [-0.2, 0) is 5.54 Å². The summed E-state index contributed by atoms with van der Waals surface area (Å²) in [5.74, 6) is 0.733. The molecule has 2 amide bonds. The van der Waals surface area contributed by atoms with Gasteiger partial charge in [0.15, 0.2) is 5.82 Å². The smallest absolute Gasteiger partial charge is 0.317 e. The van der Waals surface area contributed by atoms with Crippen molar-refractivity contribution in [2.45, 2.75) is 44.6 Å². The first-order chi connectivity index (χ1) is 11.6. The van der Waals surface area contributed by atoms with Crippen LogP contribution in [0.5, 0.6) is 0 Å². The van der Waals surface area contributed by atoms with Crippen molar-refractivity contribution in [2.75, 3.05) is 14.1 Å². The zero-order chi connectivity index (χ0) is 17.2. The van der Waals surface area contributed by atoms with Crippen LogP contribution < -0.4 is 5.32 Å². The SMILES string of the molecule is CNC(=O)N(C)C1(c2nnnn2-c2ccc(C)cc2)CCCCC1. The number of nitrogens with one attached hydrogen (secondary N) is 1. The normalized spacial score (nSPS) is 16.6. The lowest BCUT2D eigenvalue weighted by molar-refractivity contribution is 0.0873. The number of hydrogen-bond donors (Lipinski definition) is 1. The van der Waals surface area contributed by atoms with E-state index in [9.17, 15) is 4.79 Å².